The molecule has 3 unspecified atom stereocenters. The van der Waals surface area contributed by atoms with E-state index in [1.807, 2.05) is 23.1 Å². The first-order valence-corrected chi connectivity index (χ1v) is 8.87. The standard InChI is InChI=1S/C18H23ClN2O/c19-16-3-1-2-15(12-16)18(22)21-8-6-20(7-9-21)17-11-13-4-5-14(17)10-13/h1-3,12-14,17H,4-11H2. The number of amides is 1. The Kier molecular flexibility index (Phi) is 3.87. The van der Waals surface area contributed by atoms with Gasteiger partial charge in [0.25, 0.3) is 5.91 Å². The summed E-state index contributed by atoms with van der Waals surface area (Å²) in [6.45, 7) is 3.75. The van der Waals surface area contributed by atoms with Crippen LogP contribution in [0.25, 0.3) is 0 Å². The molecule has 3 atom stereocenters. The molecule has 3 fully saturated rings. The molecule has 0 aromatic heterocycles. The van der Waals surface area contributed by atoms with Crippen LogP contribution in [-0.4, -0.2) is 47.9 Å². The van der Waals surface area contributed by atoms with Crippen LogP contribution >= 0.6 is 11.6 Å². The highest BCUT2D eigenvalue weighted by atomic mass is 35.5. The van der Waals surface area contributed by atoms with E-state index in [-0.39, 0.29) is 5.91 Å². The zero-order valence-electron chi connectivity index (χ0n) is 12.9. The molecule has 2 bridgehead atoms. The number of fused-ring (bicyclic) bond motifs is 2. The van der Waals surface area contributed by atoms with E-state index in [0.717, 1.165) is 44.1 Å². The van der Waals surface area contributed by atoms with Gasteiger partial charge in [0.1, 0.15) is 0 Å². The number of nitrogens with zero attached hydrogens (tertiary/aromatic N) is 2. The van der Waals surface area contributed by atoms with E-state index in [1.54, 1.807) is 6.07 Å². The van der Waals surface area contributed by atoms with Crippen molar-refractivity contribution in [1.82, 2.24) is 9.80 Å². The summed E-state index contributed by atoms with van der Waals surface area (Å²) in [6.07, 6.45) is 5.73. The lowest BCUT2D eigenvalue weighted by molar-refractivity contribution is 0.0496. The highest BCUT2D eigenvalue weighted by Crippen LogP contribution is 2.46. The number of carbonyl (C=O) groups excluding carboxylic acids is 1. The Morgan fingerprint density at radius 1 is 1.09 bits per heavy atom. The quantitative estimate of drug-likeness (QED) is 0.835. The van der Waals surface area contributed by atoms with Crippen molar-refractivity contribution in [2.45, 2.75) is 31.7 Å². The lowest BCUT2D eigenvalue weighted by atomic mass is 9.93. The number of halogens is 1. The fourth-order valence-corrected chi connectivity index (χ4v) is 4.91. The molecule has 2 aliphatic carbocycles. The van der Waals surface area contributed by atoms with Crippen LogP contribution < -0.4 is 0 Å². The Bertz CT molecular complexity index is 568. The average molecular weight is 319 g/mol. The molecule has 1 heterocycles. The first-order valence-electron chi connectivity index (χ1n) is 8.49. The minimum Gasteiger partial charge on any atom is -0.336 e. The number of hydrogen-bond acceptors (Lipinski definition) is 2. The van der Waals surface area contributed by atoms with Gasteiger partial charge in [-0.25, -0.2) is 0 Å². The predicted molar refractivity (Wildman–Crippen MR) is 88.2 cm³/mol. The lowest BCUT2D eigenvalue weighted by Crippen LogP contribution is -2.53. The van der Waals surface area contributed by atoms with E-state index in [9.17, 15) is 4.79 Å². The van der Waals surface area contributed by atoms with Crippen LogP contribution in [0.3, 0.4) is 0 Å². The van der Waals surface area contributed by atoms with E-state index >= 15 is 0 Å². The number of carbonyl (C=O) groups is 1. The van der Waals surface area contributed by atoms with Gasteiger partial charge in [0, 0.05) is 42.8 Å². The number of hydrogen-bond donors (Lipinski definition) is 0. The normalized spacial score (nSPS) is 31.7. The van der Waals surface area contributed by atoms with E-state index in [2.05, 4.69) is 4.90 Å². The Balaban J connectivity index is 1.36. The summed E-state index contributed by atoms with van der Waals surface area (Å²) in [7, 11) is 0. The first-order chi connectivity index (χ1) is 10.7. The smallest absolute Gasteiger partial charge is 0.253 e. The van der Waals surface area contributed by atoms with Crippen molar-refractivity contribution in [3.8, 4) is 0 Å². The average Bonchev–Trinajstić information content (AvgIpc) is 3.17. The molecule has 4 rings (SSSR count). The van der Waals surface area contributed by atoms with Gasteiger partial charge < -0.3 is 4.90 Å². The highest BCUT2D eigenvalue weighted by Gasteiger charge is 2.42. The van der Waals surface area contributed by atoms with Gasteiger partial charge in [0.2, 0.25) is 0 Å². The minimum absolute atomic E-state index is 0.120. The summed E-state index contributed by atoms with van der Waals surface area (Å²) in [4.78, 5) is 17.2. The summed E-state index contributed by atoms with van der Waals surface area (Å²) in [6, 6.07) is 8.08. The minimum atomic E-state index is 0.120. The van der Waals surface area contributed by atoms with Crippen LogP contribution in [0.4, 0.5) is 0 Å². The van der Waals surface area contributed by atoms with Crippen molar-refractivity contribution in [3.05, 3.63) is 34.9 Å². The third-order valence-electron chi connectivity index (χ3n) is 5.84. The molecule has 2 saturated carbocycles. The molecule has 3 aliphatic rings. The molecular formula is C18H23ClN2O. The van der Waals surface area contributed by atoms with Gasteiger partial charge in [-0.15, -0.1) is 0 Å². The Morgan fingerprint density at radius 3 is 2.55 bits per heavy atom. The summed E-state index contributed by atoms with van der Waals surface area (Å²) in [5, 5.41) is 0.631. The monoisotopic (exact) mass is 318 g/mol. The Hall–Kier alpha value is -1.06. The van der Waals surface area contributed by atoms with E-state index in [1.165, 1.54) is 25.7 Å². The molecule has 1 amide bonds. The third kappa shape index (κ3) is 2.65. The zero-order chi connectivity index (χ0) is 15.1. The van der Waals surface area contributed by atoms with E-state index < -0.39 is 0 Å². The maximum Gasteiger partial charge on any atom is 0.253 e. The second-order valence-electron chi connectivity index (χ2n) is 7.08. The SMILES string of the molecule is O=C(c1cccc(Cl)c1)N1CCN(C2CC3CCC2C3)CC1. The molecule has 4 heteroatoms. The van der Waals surface area contributed by atoms with Crippen LogP contribution in [0.5, 0.6) is 0 Å². The van der Waals surface area contributed by atoms with Crippen LogP contribution in [0.1, 0.15) is 36.0 Å². The van der Waals surface area contributed by atoms with Crippen molar-refractivity contribution in [2.24, 2.45) is 11.8 Å². The van der Waals surface area contributed by atoms with Gasteiger partial charge in [-0.1, -0.05) is 24.1 Å². The molecule has 1 aliphatic heterocycles. The second-order valence-corrected chi connectivity index (χ2v) is 7.52. The number of piperazine rings is 1. The summed E-state index contributed by atoms with van der Waals surface area (Å²) in [5.74, 6) is 2.04. The topological polar surface area (TPSA) is 23.6 Å². The molecule has 0 radical (unpaired) electrons. The molecule has 0 N–H and O–H groups in total. The van der Waals surface area contributed by atoms with Crippen molar-refractivity contribution in [2.75, 3.05) is 26.2 Å². The number of benzene rings is 1. The van der Waals surface area contributed by atoms with Crippen LogP contribution in [0.2, 0.25) is 5.02 Å². The van der Waals surface area contributed by atoms with Gasteiger partial charge in [-0.2, -0.15) is 0 Å². The zero-order valence-corrected chi connectivity index (χ0v) is 13.6. The van der Waals surface area contributed by atoms with Gasteiger partial charge in [-0.05, 0) is 49.3 Å². The van der Waals surface area contributed by atoms with Crippen molar-refractivity contribution in [1.29, 1.82) is 0 Å². The van der Waals surface area contributed by atoms with Crippen LogP contribution in [0, 0.1) is 11.8 Å². The van der Waals surface area contributed by atoms with Crippen LogP contribution in [-0.2, 0) is 0 Å². The molecular weight excluding hydrogens is 296 g/mol. The van der Waals surface area contributed by atoms with E-state index in [4.69, 9.17) is 11.6 Å². The van der Waals surface area contributed by atoms with Crippen molar-refractivity contribution in [3.63, 3.8) is 0 Å². The van der Waals surface area contributed by atoms with Crippen molar-refractivity contribution < 1.29 is 4.79 Å². The fourth-order valence-electron chi connectivity index (χ4n) is 4.72. The van der Waals surface area contributed by atoms with E-state index in [0.29, 0.717) is 10.6 Å². The molecule has 22 heavy (non-hydrogen) atoms. The molecule has 1 aromatic rings. The molecule has 0 spiro atoms. The maximum absolute atomic E-state index is 12.6. The van der Waals surface area contributed by atoms with Gasteiger partial charge >= 0.3 is 0 Å². The summed E-state index contributed by atoms with van der Waals surface area (Å²) < 4.78 is 0. The van der Waals surface area contributed by atoms with Crippen LogP contribution in [0.15, 0.2) is 24.3 Å². The molecule has 118 valence electrons. The largest absolute Gasteiger partial charge is 0.336 e. The summed E-state index contributed by atoms with van der Waals surface area (Å²) >= 11 is 5.99. The third-order valence-corrected chi connectivity index (χ3v) is 6.08. The first kappa shape index (κ1) is 14.5. The molecule has 3 nitrogen and oxygen atoms in total. The highest BCUT2D eigenvalue weighted by molar-refractivity contribution is 6.30. The Morgan fingerprint density at radius 2 is 1.91 bits per heavy atom. The number of rotatable bonds is 2. The maximum atomic E-state index is 12.6. The predicted octanol–water partition coefficient (Wildman–Crippen LogP) is 3.29. The van der Waals surface area contributed by atoms with Gasteiger partial charge in [0.15, 0.2) is 0 Å². The fraction of sp³-hybridized carbons (Fsp3) is 0.611. The molecule has 1 saturated heterocycles. The lowest BCUT2D eigenvalue weighted by Gasteiger charge is -2.41. The van der Waals surface area contributed by atoms with Gasteiger partial charge in [0.05, 0.1) is 0 Å². The van der Waals surface area contributed by atoms with Crippen molar-refractivity contribution >= 4 is 17.5 Å². The summed E-state index contributed by atoms with van der Waals surface area (Å²) in [5.41, 5.74) is 0.709. The van der Waals surface area contributed by atoms with Gasteiger partial charge in [-0.3, -0.25) is 9.69 Å². The second kappa shape index (κ2) is 5.86. The Labute approximate surface area is 137 Å². The molecule has 1 aromatic carbocycles.